The minimum atomic E-state index is -2.66. The Hall–Kier alpha value is -0.260. The second-order valence-electron chi connectivity index (χ2n) is 2.58. The topological polar surface area (TPSA) is 33.1 Å². The summed E-state index contributed by atoms with van der Waals surface area (Å²) in [5.41, 5.74) is 0.350. The van der Waals surface area contributed by atoms with Crippen molar-refractivity contribution in [3.05, 3.63) is 27.5 Å². The van der Waals surface area contributed by atoms with Gasteiger partial charge in [0.05, 0.1) is 6.61 Å². The molecule has 78 valence electrons. The molecule has 0 bridgehead atoms. The number of hydrogen-bond donors (Lipinski definition) is 1. The predicted octanol–water partition coefficient (Wildman–Crippen LogP) is 3.01. The lowest BCUT2D eigenvalue weighted by atomic mass is 10.1. The van der Waals surface area contributed by atoms with Crippen LogP contribution in [0.15, 0.2) is 10.7 Å². The number of alkyl halides is 3. The van der Waals surface area contributed by atoms with Gasteiger partial charge in [0.1, 0.15) is 10.3 Å². The average Bonchev–Trinajstić information content (AvgIpc) is 2.17. The molecule has 0 saturated heterocycles. The minimum absolute atomic E-state index is 0.0487. The first-order valence-electron chi connectivity index (χ1n) is 3.73. The maximum absolute atomic E-state index is 12.4. The van der Waals surface area contributed by atoms with Crippen LogP contribution in [0.3, 0.4) is 0 Å². The summed E-state index contributed by atoms with van der Waals surface area (Å²) in [5.74, 6) is -0.0487. The summed E-state index contributed by atoms with van der Waals surface area (Å²) >= 11 is 8.48. The molecule has 0 saturated carbocycles. The lowest BCUT2D eigenvalue weighted by molar-refractivity contribution is 0.144. The van der Waals surface area contributed by atoms with Crippen molar-refractivity contribution >= 4 is 27.5 Å². The monoisotopic (exact) mass is 285 g/mol. The highest BCUT2D eigenvalue weighted by molar-refractivity contribution is 9.10. The largest absolute Gasteiger partial charge is 0.392 e. The summed E-state index contributed by atoms with van der Waals surface area (Å²) in [6, 6.07) is 1.42. The number of halogens is 4. The molecule has 14 heavy (non-hydrogen) atoms. The van der Waals surface area contributed by atoms with E-state index in [0.29, 0.717) is 5.56 Å². The molecule has 0 atom stereocenters. The highest BCUT2D eigenvalue weighted by atomic mass is 79.9. The molecule has 0 fully saturated rings. The Morgan fingerprint density at radius 1 is 1.50 bits per heavy atom. The summed E-state index contributed by atoms with van der Waals surface area (Å²) in [7, 11) is 0. The SMILES string of the molecule is OCc1cc(CCl)c(C(F)F)nc1Br. The first-order chi connectivity index (χ1) is 6.60. The highest BCUT2D eigenvalue weighted by Crippen LogP contribution is 2.26. The summed E-state index contributed by atoms with van der Waals surface area (Å²) in [5, 5.41) is 8.87. The lowest BCUT2D eigenvalue weighted by Gasteiger charge is -2.08. The smallest absolute Gasteiger partial charge is 0.280 e. The lowest BCUT2D eigenvalue weighted by Crippen LogP contribution is -2.01. The third-order valence-corrected chi connectivity index (χ3v) is 2.66. The molecular weight excluding hydrogens is 279 g/mol. The van der Waals surface area contributed by atoms with Gasteiger partial charge in [-0.05, 0) is 27.6 Å². The van der Waals surface area contributed by atoms with Crippen LogP contribution in [-0.4, -0.2) is 10.1 Å². The van der Waals surface area contributed by atoms with Gasteiger partial charge in [-0.3, -0.25) is 0 Å². The molecule has 2 nitrogen and oxygen atoms in total. The molecule has 0 amide bonds. The van der Waals surface area contributed by atoms with Gasteiger partial charge in [0.2, 0.25) is 0 Å². The van der Waals surface area contributed by atoms with Crippen molar-refractivity contribution in [3.8, 4) is 0 Å². The maximum Gasteiger partial charge on any atom is 0.280 e. The molecule has 0 radical (unpaired) electrons. The molecule has 0 spiro atoms. The van der Waals surface area contributed by atoms with E-state index >= 15 is 0 Å². The number of rotatable bonds is 3. The van der Waals surface area contributed by atoms with Crippen molar-refractivity contribution in [3.63, 3.8) is 0 Å². The number of aromatic nitrogens is 1. The Bertz CT molecular complexity index is 335. The van der Waals surface area contributed by atoms with Crippen molar-refractivity contribution in [2.45, 2.75) is 18.9 Å². The van der Waals surface area contributed by atoms with Crippen LogP contribution in [0.5, 0.6) is 0 Å². The molecule has 1 heterocycles. The van der Waals surface area contributed by atoms with Crippen molar-refractivity contribution in [1.82, 2.24) is 4.98 Å². The third-order valence-electron chi connectivity index (χ3n) is 1.68. The van der Waals surface area contributed by atoms with Crippen LogP contribution < -0.4 is 0 Å². The zero-order chi connectivity index (χ0) is 10.7. The Kier molecular flexibility index (Phi) is 4.22. The first-order valence-corrected chi connectivity index (χ1v) is 5.06. The van der Waals surface area contributed by atoms with E-state index in [1.807, 2.05) is 0 Å². The zero-order valence-corrected chi connectivity index (χ0v) is 9.32. The molecule has 6 heteroatoms. The predicted molar refractivity (Wildman–Crippen MR) is 52.4 cm³/mol. The number of nitrogens with zero attached hydrogens (tertiary/aromatic N) is 1. The molecular formula is C8H7BrClF2NO. The summed E-state index contributed by atoms with van der Waals surface area (Å²) in [6.07, 6.45) is -2.66. The van der Waals surface area contributed by atoms with E-state index in [-0.39, 0.29) is 28.3 Å². The number of aliphatic hydroxyl groups excluding tert-OH is 1. The molecule has 0 aliphatic heterocycles. The number of pyridine rings is 1. The second-order valence-corrected chi connectivity index (χ2v) is 3.59. The second kappa shape index (κ2) is 5.00. The molecule has 1 N–H and O–H groups in total. The number of hydrogen-bond acceptors (Lipinski definition) is 2. The van der Waals surface area contributed by atoms with E-state index in [1.54, 1.807) is 0 Å². The van der Waals surface area contributed by atoms with Gasteiger partial charge < -0.3 is 5.11 Å². The van der Waals surface area contributed by atoms with Gasteiger partial charge >= 0.3 is 0 Å². The summed E-state index contributed by atoms with van der Waals surface area (Å²) < 4.78 is 25.1. The van der Waals surface area contributed by atoms with Gasteiger partial charge in [0.25, 0.3) is 6.43 Å². The molecule has 0 unspecified atom stereocenters. The van der Waals surface area contributed by atoms with Crippen molar-refractivity contribution in [2.24, 2.45) is 0 Å². The minimum Gasteiger partial charge on any atom is -0.392 e. The van der Waals surface area contributed by atoms with E-state index in [4.69, 9.17) is 16.7 Å². The summed E-state index contributed by atoms with van der Waals surface area (Å²) in [6.45, 7) is -0.263. The van der Waals surface area contributed by atoms with Crippen LogP contribution in [0.4, 0.5) is 8.78 Å². The Morgan fingerprint density at radius 3 is 2.57 bits per heavy atom. The van der Waals surface area contributed by atoms with Crippen LogP contribution in [0, 0.1) is 0 Å². The quantitative estimate of drug-likeness (QED) is 0.684. The molecule has 1 aromatic rings. The molecule has 1 aromatic heterocycles. The third kappa shape index (κ3) is 2.40. The van der Waals surface area contributed by atoms with Crippen molar-refractivity contribution in [1.29, 1.82) is 0 Å². The van der Waals surface area contributed by atoms with Gasteiger partial charge in [0, 0.05) is 11.4 Å². The van der Waals surface area contributed by atoms with Crippen molar-refractivity contribution in [2.75, 3.05) is 0 Å². The van der Waals surface area contributed by atoms with Gasteiger partial charge in [-0.2, -0.15) is 0 Å². The molecule has 0 aliphatic carbocycles. The highest BCUT2D eigenvalue weighted by Gasteiger charge is 2.16. The van der Waals surface area contributed by atoms with E-state index in [2.05, 4.69) is 20.9 Å². The maximum atomic E-state index is 12.4. The molecule has 0 aliphatic rings. The fourth-order valence-corrected chi connectivity index (χ4v) is 1.64. The Balaban J connectivity index is 3.24. The van der Waals surface area contributed by atoms with E-state index in [9.17, 15) is 8.78 Å². The van der Waals surface area contributed by atoms with Gasteiger partial charge in [-0.15, -0.1) is 11.6 Å². The standard InChI is InChI=1S/C8H7BrClF2NO/c9-7-5(3-14)1-4(2-10)6(13-7)8(11)12/h1,8,14H,2-3H2. The van der Waals surface area contributed by atoms with E-state index < -0.39 is 6.43 Å². The van der Waals surface area contributed by atoms with E-state index in [1.165, 1.54) is 6.07 Å². The fourth-order valence-electron chi connectivity index (χ4n) is 1.00. The molecule has 1 rings (SSSR count). The van der Waals surface area contributed by atoms with Gasteiger partial charge in [-0.25, -0.2) is 13.8 Å². The van der Waals surface area contributed by atoms with Crippen LogP contribution in [0.25, 0.3) is 0 Å². The van der Waals surface area contributed by atoms with Crippen molar-refractivity contribution < 1.29 is 13.9 Å². The fraction of sp³-hybridized carbons (Fsp3) is 0.375. The van der Waals surface area contributed by atoms with Crippen LogP contribution in [0.2, 0.25) is 0 Å². The zero-order valence-electron chi connectivity index (χ0n) is 6.98. The van der Waals surface area contributed by atoms with Gasteiger partial charge in [-0.1, -0.05) is 0 Å². The summed E-state index contributed by atoms with van der Waals surface area (Å²) in [4.78, 5) is 3.64. The Morgan fingerprint density at radius 2 is 2.14 bits per heavy atom. The normalized spacial score (nSPS) is 11.0. The average molecular weight is 287 g/mol. The van der Waals surface area contributed by atoms with Gasteiger partial charge in [0.15, 0.2) is 0 Å². The van der Waals surface area contributed by atoms with Crippen LogP contribution in [0.1, 0.15) is 23.2 Å². The number of aliphatic hydroxyl groups is 1. The first kappa shape index (κ1) is 11.8. The van der Waals surface area contributed by atoms with Crippen LogP contribution >= 0.6 is 27.5 Å². The molecule has 0 aromatic carbocycles. The Labute approximate surface area is 93.0 Å². The van der Waals surface area contributed by atoms with E-state index in [0.717, 1.165) is 0 Å². The van der Waals surface area contributed by atoms with Crippen LogP contribution in [-0.2, 0) is 12.5 Å².